The molecule has 0 aromatic carbocycles. The molecule has 9 heteroatoms. The van der Waals surface area contributed by atoms with Crippen LogP contribution in [0.25, 0.3) is 0 Å². The maximum absolute atomic E-state index is 10.6. The average Bonchev–Trinajstić information content (AvgIpc) is 2.70. The van der Waals surface area contributed by atoms with Gasteiger partial charge in [0.15, 0.2) is 10.8 Å². The minimum Gasteiger partial charge on any atom is -0.480 e. The van der Waals surface area contributed by atoms with Gasteiger partial charge in [0.25, 0.3) is 6.29 Å². The third-order valence-corrected chi connectivity index (χ3v) is 2.26. The van der Waals surface area contributed by atoms with Gasteiger partial charge in [0.2, 0.25) is 0 Å². The van der Waals surface area contributed by atoms with Gasteiger partial charge >= 0.3 is 5.97 Å². The number of carboxylic acid groups (broad SMARTS) is 1. The standard InChI is InChI=1S/C8H9N4O4S/c9-4(7(14)15)2-16-12-5(1-13)6-3-17-8(10)11-6/h3-4H,2,9H2,(H2,10,11)(H,14,15). The van der Waals surface area contributed by atoms with Gasteiger partial charge in [-0.15, -0.1) is 11.3 Å². The van der Waals surface area contributed by atoms with E-state index in [2.05, 4.69) is 15.0 Å². The minimum absolute atomic E-state index is 0.199. The molecule has 0 amide bonds. The van der Waals surface area contributed by atoms with E-state index < -0.39 is 12.0 Å². The lowest BCUT2D eigenvalue weighted by molar-refractivity contribution is -0.140. The summed E-state index contributed by atoms with van der Waals surface area (Å²) < 4.78 is 0. The van der Waals surface area contributed by atoms with Gasteiger partial charge in [0, 0.05) is 5.38 Å². The van der Waals surface area contributed by atoms with Crippen molar-refractivity contribution in [3.63, 3.8) is 0 Å². The monoisotopic (exact) mass is 257 g/mol. The molecule has 0 fully saturated rings. The Morgan fingerprint density at radius 2 is 2.47 bits per heavy atom. The highest BCUT2D eigenvalue weighted by Crippen LogP contribution is 2.11. The molecule has 91 valence electrons. The summed E-state index contributed by atoms with van der Waals surface area (Å²) >= 11 is 1.13. The number of hydrogen-bond acceptors (Lipinski definition) is 8. The predicted octanol–water partition coefficient (Wildman–Crippen LogP) is -1.03. The molecule has 0 saturated carbocycles. The fourth-order valence-corrected chi connectivity index (χ4v) is 1.32. The number of hydrogen-bond donors (Lipinski definition) is 3. The minimum atomic E-state index is -1.23. The normalized spacial score (nSPS) is 13.1. The van der Waals surface area contributed by atoms with Gasteiger partial charge in [-0.2, -0.15) is 0 Å². The SMILES string of the molecule is Nc1nc(C([C]=O)=NOCC(N)C(=O)O)cs1. The van der Waals surface area contributed by atoms with E-state index in [1.165, 1.54) is 11.7 Å². The van der Waals surface area contributed by atoms with Crippen LogP contribution < -0.4 is 11.5 Å². The lowest BCUT2D eigenvalue weighted by Gasteiger charge is -2.03. The highest BCUT2D eigenvalue weighted by Gasteiger charge is 2.13. The second kappa shape index (κ2) is 5.92. The molecule has 5 N–H and O–H groups in total. The van der Waals surface area contributed by atoms with E-state index in [1.54, 1.807) is 0 Å². The van der Waals surface area contributed by atoms with Gasteiger partial charge in [0.1, 0.15) is 18.3 Å². The van der Waals surface area contributed by atoms with Crippen molar-refractivity contribution < 1.29 is 19.5 Å². The summed E-state index contributed by atoms with van der Waals surface area (Å²) in [4.78, 5) is 29.3. The summed E-state index contributed by atoms with van der Waals surface area (Å²) in [6.45, 7) is -0.361. The van der Waals surface area contributed by atoms with Crippen molar-refractivity contribution in [2.24, 2.45) is 10.9 Å². The Morgan fingerprint density at radius 1 is 1.76 bits per heavy atom. The predicted molar refractivity (Wildman–Crippen MR) is 60.3 cm³/mol. The highest BCUT2D eigenvalue weighted by molar-refractivity contribution is 7.13. The maximum atomic E-state index is 10.6. The first-order valence-electron chi connectivity index (χ1n) is 4.32. The van der Waals surface area contributed by atoms with Crippen molar-refractivity contribution in [3.05, 3.63) is 11.1 Å². The molecule has 1 aromatic rings. The first-order chi connectivity index (χ1) is 8.04. The average molecular weight is 257 g/mol. The number of anilines is 1. The van der Waals surface area contributed by atoms with Crippen LogP contribution in [0.5, 0.6) is 0 Å². The lowest BCUT2D eigenvalue weighted by atomic mass is 10.3. The van der Waals surface area contributed by atoms with Gasteiger partial charge in [-0.3, -0.25) is 9.59 Å². The fraction of sp³-hybridized carbons (Fsp3) is 0.250. The Morgan fingerprint density at radius 3 is 2.94 bits per heavy atom. The molecule has 0 bridgehead atoms. The van der Waals surface area contributed by atoms with Crippen LogP contribution in [-0.2, 0) is 14.4 Å². The van der Waals surface area contributed by atoms with Crippen molar-refractivity contribution >= 4 is 34.4 Å². The maximum Gasteiger partial charge on any atom is 0.324 e. The van der Waals surface area contributed by atoms with Crippen LogP contribution in [0.3, 0.4) is 0 Å². The number of oxime groups is 1. The van der Waals surface area contributed by atoms with Crippen molar-refractivity contribution in [2.75, 3.05) is 12.3 Å². The van der Waals surface area contributed by atoms with Crippen LogP contribution in [0.2, 0.25) is 0 Å². The van der Waals surface area contributed by atoms with Crippen LogP contribution >= 0.6 is 11.3 Å². The number of thiazole rings is 1. The Hall–Kier alpha value is -2.00. The second-order valence-electron chi connectivity index (χ2n) is 2.85. The Labute approximate surface area is 99.9 Å². The molecule has 0 aliphatic carbocycles. The summed E-state index contributed by atoms with van der Waals surface area (Å²) in [5.74, 6) is -1.23. The van der Waals surface area contributed by atoms with Gasteiger partial charge in [-0.05, 0) is 0 Å². The number of nitrogen functional groups attached to an aromatic ring is 1. The van der Waals surface area contributed by atoms with E-state index in [0.717, 1.165) is 11.3 Å². The molecule has 0 aliphatic rings. The lowest BCUT2D eigenvalue weighted by Crippen LogP contribution is -2.34. The van der Waals surface area contributed by atoms with E-state index in [0.29, 0.717) is 0 Å². The summed E-state index contributed by atoms with van der Waals surface area (Å²) in [5, 5.41) is 13.6. The van der Waals surface area contributed by atoms with Crippen molar-refractivity contribution in [3.8, 4) is 0 Å². The molecule has 1 unspecified atom stereocenters. The van der Waals surface area contributed by atoms with Crippen LogP contribution in [0.1, 0.15) is 5.69 Å². The van der Waals surface area contributed by atoms with Crippen LogP contribution in [-0.4, -0.2) is 40.7 Å². The van der Waals surface area contributed by atoms with Gasteiger partial charge in [0.05, 0.1) is 0 Å². The van der Waals surface area contributed by atoms with Crippen LogP contribution in [0.15, 0.2) is 10.5 Å². The molecule has 1 rings (SSSR count). The first kappa shape index (κ1) is 13.1. The molecule has 0 aliphatic heterocycles. The molecule has 1 aromatic heterocycles. The zero-order valence-electron chi connectivity index (χ0n) is 8.49. The zero-order chi connectivity index (χ0) is 12.8. The molecule has 1 heterocycles. The van der Waals surface area contributed by atoms with Gasteiger partial charge in [-0.1, -0.05) is 5.16 Å². The first-order valence-corrected chi connectivity index (χ1v) is 5.20. The topological polar surface area (TPSA) is 141 Å². The number of aliphatic carboxylic acids is 1. The zero-order valence-corrected chi connectivity index (χ0v) is 9.31. The largest absolute Gasteiger partial charge is 0.480 e. The van der Waals surface area contributed by atoms with Crippen molar-refractivity contribution in [1.29, 1.82) is 0 Å². The van der Waals surface area contributed by atoms with Crippen LogP contribution in [0.4, 0.5) is 5.13 Å². The van der Waals surface area contributed by atoms with Crippen molar-refractivity contribution in [1.82, 2.24) is 4.98 Å². The molecule has 1 radical (unpaired) electrons. The number of carbonyl (C=O) groups excluding carboxylic acids is 1. The third-order valence-electron chi connectivity index (χ3n) is 1.59. The molecule has 0 saturated heterocycles. The van der Waals surface area contributed by atoms with E-state index in [4.69, 9.17) is 16.6 Å². The number of carbonyl (C=O) groups is 1. The highest BCUT2D eigenvalue weighted by atomic mass is 32.1. The van der Waals surface area contributed by atoms with E-state index >= 15 is 0 Å². The fourth-order valence-electron chi connectivity index (χ4n) is 0.767. The van der Waals surface area contributed by atoms with Crippen molar-refractivity contribution in [2.45, 2.75) is 6.04 Å². The van der Waals surface area contributed by atoms with Gasteiger partial charge < -0.3 is 21.4 Å². The number of aromatic nitrogens is 1. The molecular formula is C8H9N4O4S. The van der Waals surface area contributed by atoms with Crippen LogP contribution in [0, 0.1) is 0 Å². The Balaban J connectivity index is 2.62. The summed E-state index contributed by atoms with van der Waals surface area (Å²) in [7, 11) is 0. The third kappa shape index (κ3) is 3.81. The molecule has 8 nitrogen and oxygen atoms in total. The Bertz CT molecular complexity index is 444. The van der Waals surface area contributed by atoms with E-state index in [1.807, 2.05) is 0 Å². The molecular weight excluding hydrogens is 248 g/mol. The molecule has 17 heavy (non-hydrogen) atoms. The van der Waals surface area contributed by atoms with E-state index in [9.17, 15) is 9.59 Å². The number of rotatable bonds is 6. The number of carboxylic acids is 1. The summed E-state index contributed by atoms with van der Waals surface area (Å²) in [6.07, 6.45) is 1.51. The number of nitrogens with zero attached hydrogens (tertiary/aromatic N) is 2. The second-order valence-corrected chi connectivity index (χ2v) is 3.74. The quantitative estimate of drug-likeness (QED) is 0.437. The molecule has 1 atom stereocenters. The molecule has 0 spiro atoms. The smallest absolute Gasteiger partial charge is 0.324 e. The summed E-state index contributed by atoms with van der Waals surface area (Å²) in [5.41, 5.74) is 10.5. The van der Waals surface area contributed by atoms with E-state index in [-0.39, 0.29) is 23.1 Å². The summed E-state index contributed by atoms with van der Waals surface area (Å²) in [6, 6.07) is -1.22. The number of nitrogens with two attached hydrogens (primary N) is 2. The Kier molecular flexibility index (Phi) is 4.55. The van der Waals surface area contributed by atoms with Gasteiger partial charge in [-0.25, -0.2) is 4.98 Å².